The minimum Gasteiger partial charge on any atom is -0.486 e. The first kappa shape index (κ1) is 21.6. The Hall–Kier alpha value is -2.27. The van der Waals surface area contributed by atoms with Crippen molar-refractivity contribution in [1.82, 2.24) is 14.8 Å². The first-order valence-corrected chi connectivity index (χ1v) is 12.5. The molecule has 2 aromatic heterocycles. The lowest BCUT2D eigenvalue weighted by atomic mass is 10.2. The lowest BCUT2D eigenvalue weighted by Gasteiger charge is -2.20. The van der Waals surface area contributed by atoms with Gasteiger partial charge in [0, 0.05) is 18.7 Å². The number of amides is 1. The van der Waals surface area contributed by atoms with Crippen LogP contribution in [-0.2, 0) is 16.1 Å². The van der Waals surface area contributed by atoms with Gasteiger partial charge in [-0.1, -0.05) is 29.4 Å². The van der Waals surface area contributed by atoms with Gasteiger partial charge in [-0.3, -0.25) is 9.36 Å². The Morgan fingerprint density at radius 3 is 2.84 bits per heavy atom. The van der Waals surface area contributed by atoms with Crippen LogP contribution in [0.2, 0.25) is 5.02 Å². The van der Waals surface area contributed by atoms with Gasteiger partial charge in [0.05, 0.1) is 34.0 Å². The molecule has 1 saturated heterocycles. The Morgan fingerprint density at radius 2 is 2.09 bits per heavy atom. The first-order valence-electron chi connectivity index (χ1n) is 10.3. The summed E-state index contributed by atoms with van der Waals surface area (Å²) in [7, 11) is 0. The molecule has 0 radical (unpaired) electrons. The van der Waals surface area contributed by atoms with Gasteiger partial charge in [0.1, 0.15) is 13.2 Å². The maximum absolute atomic E-state index is 12.7. The molecule has 3 aromatic rings. The highest BCUT2D eigenvalue weighted by Crippen LogP contribution is 2.38. The Balaban J connectivity index is 1.28. The van der Waals surface area contributed by atoms with Crippen molar-refractivity contribution in [3.8, 4) is 22.2 Å². The Labute approximate surface area is 198 Å². The van der Waals surface area contributed by atoms with Crippen molar-refractivity contribution >= 4 is 46.3 Å². The highest BCUT2D eigenvalue weighted by Gasteiger charge is 2.23. The monoisotopic (exact) mass is 492 g/mol. The van der Waals surface area contributed by atoms with Gasteiger partial charge in [0.25, 0.3) is 0 Å². The molecule has 168 valence electrons. The van der Waals surface area contributed by atoms with Gasteiger partial charge in [-0.05, 0) is 24.3 Å². The molecule has 1 atom stereocenters. The van der Waals surface area contributed by atoms with Crippen molar-refractivity contribution < 1.29 is 19.0 Å². The van der Waals surface area contributed by atoms with Crippen LogP contribution < -0.4 is 14.8 Å². The maximum Gasteiger partial charge on any atom is 0.234 e. The third-order valence-electron chi connectivity index (χ3n) is 5.11. The zero-order chi connectivity index (χ0) is 21.9. The lowest BCUT2D eigenvalue weighted by molar-refractivity contribution is -0.113. The van der Waals surface area contributed by atoms with E-state index in [2.05, 4.69) is 20.1 Å². The number of nitrogens with one attached hydrogen (secondary N) is 1. The maximum atomic E-state index is 12.7. The molecule has 11 heteroatoms. The molecule has 1 fully saturated rings. The van der Waals surface area contributed by atoms with Crippen LogP contribution in [0.25, 0.3) is 10.7 Å². The molecule has 0 saturated carbocycles. The zero-order valence-corrected chi connectivity index (χ0v) is 19.5. The van der Waals surface area contributed by atoms with Gasteiger partial charge < -0.3 is 19.5 Å². The summed E-state index contributed by atoms with van der Waals surface area (Å²) in [6, 6.07) is 7.35. The summed E-state index contributed by atoms with van der Waals surface area (Å²) < 4.78 is 19.0. The molecule has 5 rings (SSSR count). The highest BCUT2D eigenvalue weighted by molar-refractivity contribution is 7.99. The molecule has 4 heterocycles. The lowest BCUT2D eigenvalue weighted by Crippen LogP contribution is -2.19. The third-order valence-corrected chi connectivity index (χ3v) is 7.25. The number of fused-ring (bicyclic) bond motifs is 1. The molecule has 2 aliphatic heterocycles. The second kappa shape index (κ2) is 9.70. The number of carbonyl (C=O) groups is 1. The summed E-state index contributed by atoms with van der Waals surface area (Å²) in [5.74, 6) is 1.92. The zero-order valence-electron chi connectivity index (χ0n) is 17.1. The number of nitrogens with zero attached hydrogens (tertiary/aromatic N) is 3. The molecule has 32 heavy (non-hydrogen) atoms. The molecule has 1 N–H and O–H groups in total. The topological polar surface area (TPSA) is 87.5 Å². The van der Waals surface area contributed by atoms with Gasteiger partial charge in [-0.25, -0.2) is 0 Å². The van der Waals surface area contributed by atoms with Gasteiger partial charge in [-0.2, -0.15) is 0 Å². The van der Waals surface area contributed by atoms with E-state index in [0.29, 0.717) is 47.1 Å². The number of ether oxygens (including phenoxy) is 3. The van der Waals surface area contributed by atoms with Crippen molar-refractivity contribution in [2.24, 2.45) is 0 Å². The van der Waals surface area contributed by atoms with Gasteiger partial charge in [0.15, 0.2) is 22.5 Å². The minimum absolute atomic E-state index is 0.134. The fourth-order valence-corrected chi connectivity index (χ4v) is 5.28. The molecule has 8 nitrogen and oxygen atoms in total. The number of benzene rings is 1. The number of thioether (sulfide) groups is 1. The molecule has 2 aliphatic rings. The number of carbonyl (C=O) groups excluding carboxylic acids is 1. The van der Waals surface area contributed by atoms with Crippen molar-refractivity contribution in [3.05, 3.63) is 34.7 Å². The van der Waals surface area contributed by atoms with Crippen LogP contribution in [-0.4, -0.2) is 52.3 Å². The van der Waals surface area contributed by atoms with Crippen LogP contribution >= 0.6 is 34.7 Å². The van der Waals surface area contributed by atoms with E-state index in [-0.39, 0.29) is 17.8 Å². The fourth-order valence-electron chi connectivity index (χ4n) is 3.62. The second-order valence-electron chi connectivity index (χ2n) is 7.34. The second-order valence-corrected chi connectivity index (χ2v) is 9.64. The van der Waals surface area contributed by atoms with E-state index in [1.807, 2.05) is 17.5 Å². The average molecular weight is 493 g/mol. The number of hydrogen-bond donors (Lipinski definition) is 1. The predicted octanol–water partition coefficient (Wildman–Crippen LogP) is 4.34. The Bertz CT molecular complexity index is 1100. The number of anilines is 1. The van der Waals surface area contributed by atoms with E-state index >= 15 is 0 Å². The normalized spacial score (nSPS) is 17.5. The van der Waals surface area contributed by atoms with E-state index in [9.17, 15) is 4.79 Å². The van der Waals surface area contributed by atoms with Crippen LogP contribution in [0.3, 0.4) is 0 Å². The molecule has 1 aromatic carbocycles. The van der Waals surface area contributed by atoms with Crippen LogP contribution in [0.1, 0.15) is 12.8 Å². The first-order chi connectivity index (χ1) is 15.7. The molecular formula is C21H21ClN4O4S2. The summed E-state index contributed by atoms with van der Waals surface area (Å²) in [5.41, 5.74) is 0.488. The van der Waals surface area contributed by atoms with Gasteiger partial charge in [0.2, 0.25) is 5.91 Å². The molecule has 0 aliphatic carbocycles. The van der Waals surface area contributed by atoms with Crippen LogP contribution in [0.15, 0.2) is 34.8 Å². The summed E-state index contributed by atoms with van der Waals surface area (Å²) >= 11 is 9.26. The molecule has 0 unspecified atom stereocenters. The average Bonchev–Trinajstić information content (AvgIpc) is 3.56. The van der Waals surface area contributed by atoms with Crippen molar-refractivity contribution in [2.45, 2.75) is 30.6 Å². The van der Waals surface area contributed by atoms with E-state index < -0.39 is 0 Å². The van der Waals surface area contributed by atoms with E-state index in [1.54, 1.807) is 23.5 Å². The molecule has 0 spiro atoms. The summed E-state index contributed by atoms with van der Waals surface area (Å²) in [5, 5.41) is 14.7. The van der Waals surface area contributed by atoms with Crippen molar-refractivity contribution in [1.29, 1.82) is 0 Å². The van der Waals surface area contributed by atoms with Crippen LogP contribution in [0.5, 0.6) is 11.5 Å². The van der Waals surface area contributed by atoms with Crippen LogP contribution in [0, 0.1) is 0 Å². The SMILES string of the molecule is O=C(CSc1nnc(-c2cccs2)n1C[C@@H]1CCCO1)Nc1cc2c(cc1Cl)OCCO2. The Morgan fingerprint density at radius 1 is 1.25 bits per heavy atom. The van der Waals surface area contributed by atoms with E-state index in [1.165, 1.54) is 11.8 Å². The molecule has 0 bridgehead atoms. The van der Waals surface area contributed by atoms with Crippen molar-refractivity contribution in [2.75, 3.05) is 30.9 Å². The smallest absolute Gasteiger partial charge is 0.234 e. The van der Waals surface area contributed by atoms with Crippen molar-refractivity contribution in [3.63, 3.8) is 0 Å². The summed E-state index contributed by atoms with van der Waals surface area (Å²) in [6.07, 6.45) is 2.20. The quantitative estimate of drug-likeness (QED) is 0.491. The van der Waals surface area contributed by atoms with Gasteiger partial charge >= 0.3 is 0 Å². The number of thiophene rings is 1. The largest absolute Gasteiger partial charge is 0.486 e. The number of hydrogen-bond acceptors (Lipinski definition) is 8. The number of halogens is 1. The van der Waals surface area contributed by atoms with Gasteiger partial charge in [-0.15, -0.1) is 21.5 Å². The summed E-state index contributed by atoms with van der Waals surface area (Å²) in [4.78, 5) is 13.7. The standard InChI is InChI=1S/C21H21ClN4O4S2/c22-14-9-16-17(30-7-6-29-16)10-15(14)23-19(27)12-32-21-25-24-20(18-4-2-8-31-18)26(21)11-13-3-1-5-28-13/h2,4,8-10,13H,1,3,5-7,11-12H2,(H,23,27)/t13-/m0/s1. The highest BCUT2D eigenvalue weighted by atomic mass is 35.5. The van der Waals surface area contributed by atoms with E-state index in [0.717, 1.165) is 30.2 Å². The third kappa shape index (κ3) is 4.73. The molecule has 1 amide bonds. The Kier molecular flexibility index (Phi) is 6.54. The fraction of sp³-hybridized carbons (Fsp3) is 0.381. The summed E-state index contributed by atoms with van der Waals surface area (Å²) in [6.45, 7) is 2.39. The van der Waals surface area contributed by atoms with E-state index in [4.69, 9.17) is 25.8 Å². The predicted molar refractivity (Wildman–Crippen MR) is 124 cm³/mol. The number of aromatic nitrogens is 3. The molecular weight excluding hydrogens is 472 g/mol. The number of rotatable bonds is 7. The van der Waals surface area contributed by atoms with Crippen LogP contribution in [0.4, 0.5) is 5.69 Å². The minimum atomic E-state index is -0.196.